The van der Waals surface area contributed by atoms with E-state index < -0.39 is 64.7 Å². The average Bonchev–Trinajstić information content (AvgIpc) is 2.75. The van der Waals surface area contributed by atoms with Crippen molar-refractivity contribution >= 4 is 27.6 Å². The molecule has 12 heteroatoms. The maximum Gasteiger partial charge on any atom is 0.323 e. The first-order valence-electron chi connectivity index (χ1n) is 10.0. The molecule has 178 valence electrons. The molecule has 33 heavy (non-hydrogen) atoms. The molecule has 1 amide bonds. The second-order valence-electron chi connectivity index (χ2n) is 7.37. The van der Waals surface area contributed by atoms with Crippen LogP contribution in [0.5, 0.6) is 0 Å². The van der Waals surface area contributed by atoms with Crippen LogP contribution in [0.2, 0.25) is 0 Å². The number of anilines is 1. The average molecular weight is 485 g/mol. The number of amides is 1. The number of sulfonamides is 1. The summed E-state index contributed by atoms with van der Waals surface area (Å²) in [6.45, 7) is 2.60. The zero-order valence-electron chi connectivity index (χ0n) is 17.9. The van der Waals surface area contributed by atoms with E-state index in [2.05, 4.69) is 0 Å². The number of nitrogens with zero attached hydrogens (tertiary/aromatic N) is 3. The SMILES string of the molecule is CCN(CC)C(=O)c1ccc2c(c1)S(=O)(=O)N(Cc1cc(F)c(F)cc1F)CN2CC(=O)O. The fourth-order valence-electron chi connectivity index (χ4n) is 3.60. The minimum Gasteiger partial charge on any atom is -0.480 e. The molecule has 0 bridgehead atoms. The van der Waals surface area contributed by atoms with Crippen LogP contribution in [-0.4, -0.2) is 60.9 Å². The molecule has 0 atom stereocenters. The van der Waals surface area contributed by atoms with Crippen LogP contribution in [-0.2, 0) is 21.4 Å². The number of halogens is 3. The predicted molar refractivity (Wildman–Crippen MR) is 113 cm³/mol. The van der Waals surface area contributed by atoms with Gasteiger partial charge in [0.2, 0.25) is 10.0 Å². The number of carbonyl (C=O) groups excluding carboxylic acids is 1. The summed E-state index contributed by atoms with van der Waals surface area (Å²) in [7, 11) is -4.34. The van der Waals surface area contributed by atoms with Gasteiger partial charge >= 0.3 is 5.97 Å². The van der Waals surface area contributed by atoms with E-state index in [0.29, 0.717) is 25.2 Å². The van der Waals surface area contributed by atoms with E-state index in [1.54, 1.807) is 13.8 Å². The van der Waals surface area contributed by atoms with Crippen molar-refractivity contribution in [1.29, 1.82) is 0 Å². The van der Waals surface area contributed by atoms with Crippen LogP contribution < -0.4 is 4.90 Å². The van der Waals surface area contributed by atoms with Gasteiger partial charge in [0, 0.05) is 36.8 Å². The summed E-state index contributed by atoms with van der Waals surface area (Å²) in [6.07, 6.45) is 0. The van der Waals surface area contributed by atoms with Crippen LogP contribution in [0.4, 0.5) is 18.9 Å². The number of carboxylic acid groups (broad SMARTS) is 1. The number of aliphatic carboxylic acids is 1. The Balaban J connectivity index is 2.09. The van der Waals surface area contributed by atoms with Crippen LogP contribution in [0.25, 0.3) is 0 Å². The van der Waals surface area contributed by atoms with Gasteiger partial charge in [0.05, 0.1) is 12.4 Å². The Kier molecular flexibility index (Phi) is 6.98. The van der Waals surface area contributed by atoms with Gasteiger partial charge in [-0.15, -0.1) is 0 Å². The van der Waals surface area contributed by atoms with Crippen molar-refractivity contribution in [2.75, 3.05) is 31.2 Å². The molecule has 2 aromatic rings. The molecule has 0 saturated heterocycles. The zero-order valence-corrected chi connectivity index (χ0v) is 18.7. The molecule has 2 aromatic carbocycles. The van der Waals surface area contributed by atoms with Crippen LogP contribution in [0.15, 0.2) is 35.2 Å². The van der Waals surface area contributed by atoms with Gasteiger partial charge in [0.15, 0.2) is 11.6 Å². The Hall–Kier alpha value is -3.12. The molecule has 1 aliphatic heterocycles. The first kappa shape index (κ1) is 24.5. The fourth-order valence-corrected chi connectivity index (χ4v) is 5.21. The molecule has 0 unspecified atom stereocenters. The van der Waals surface area contributed by atoms with Crippen molar-refractivity contribution in [3.8, 4) is 0 Å². The van der Waals surface area contributed by atoms with E-state index in [4.69, 9.17) is 0 Å². The van der Waals surface area contributed by atoms with Crippen molar-refractivity contribution in [1.82, 2.24) is 9.21 Å². The Morgan fingerprint density at radius 3 is 2.27 bits per heavy atom. The maximum absolute atomic E-state index is 14.2. The van der Waals surface area contributed by atoms with E-state index >= 15 is 0 Å². The third-order valence-electron chi connectivity index (χ3n) is 5.31. The summed E-state index contributed by atoms with van der Waals surface area (Å²) >= 11 is 0. The summed E-state index contributed by atoms with van der Waals surface area (Å²) in [5, 5.41) is 9.27. The quantitative estimate of drug-likeness (QED) is 0.606. The van der Waals surface area contributed by atoms with Crippen molar-refractivity contribution in [3.63, 3.8) is 0 Å². The lowest BCUT2D eigenvalue weighted by atomic mass is 10.1. The lowest BCUT2D eigenvalue weighted by Gasteiger charge is -2.37. The van der Waals surface area contributed by atoms with Crippen LogP contribution in [0.3, 0.4) is 0 Å². The van der Waals surface area contributed by atoms with Crippen molar-refractivity contribution in [2.24, 2.45) is 0 Å². The molecular weight excluding hydrogens is 463 g/mol. The van der Waals surface area contributed by atoms with E-state index in [1.807, 2.05) is 0 Å². The normalized spacial score (nSPS) is 15.2. The zero-order chi connectivity index (χ0) is 24.5. The van der Waals surface area contributed by atoms with Gasteiger partial charge in [0.1, 0.15) is 17.3 Å². The smallest absolute Gasteiger partial charge is 0.323 e. The predicted octanol–water partition coefficient (Wildman–Crippen LogP) is 2.64. The number of rotatable bonds is 7. The van der Waals surface area contributed by atoms with Crippen LogP contribution in [0, 0.1) is 17.5 Å². The number of carbonyl (C=O) groups is 2. The Labute approximate surface area is 188 Å². The summed E-state index contributed by atoms with van der Waals surface area (Å²) in [5.74, 6) is -5.58. The monoisotopic (exact) mass is 485 g/mol. The number of fused-ring (bicyclic) bond motifs is 1. The van der Waals surface area contributed by atoms with Crippen molar-refractivity contribution in [3.05, 3.63) is 58.9 Å². The number of carboxylic acids is 1. The Morgan fingerprint density at radius 1 is 1.03 bits per heavy atom. The molecule has 0 aromatic heterocycles. The highest BCUT2D eigenvalue weighted by Crippen LogP contribution is 2.35. The molecule has 1 aliphatic rings. The van der Waals surface area contributed by atoms with E-state index in [-0.39, 0.29) is 16.1 Å². The second-order valence-corrected chi connectivity index (χ2v) is 9.27. The number of benzene rings is 2. The van der Waals surface area contributed by atoms with E-state index in [0.717, 1.165) is 10.4 Å². The summed E-state index contributed by atoms with van der Waals surface area (Å²) < 4.78 is 68.5. The van der Waals surface area contributed by atoms with Gasteiger partial charge in [-0.05, 0) is 38.1 Å². The maximum atomic E-state index is 14.2. The molecule has 1 heterocycles. The van der Waals surface area contributed by atoms with Gasteiger partial charge in [-0.1, -0.05) is 0 Å². The number of hydrogen-bond donors (Lipinski definition) is 1. The minimum absolute atomic E-state index is 0.0653. The molecule has 0 aliphatic carbocycles. The third kappa shape index (κ3) is 4.81. The highest BCUT2D eigenvalue weighted by molar-refractivity contribution is 7.89. The highest BCUT2D eigenvalue weighted by atomic mass is 32.2. The van der Waals surface area contributed by atoms with Crippen molar-refractivity contribution in [2.45, 2.75) is 25.3 Å². The molecule has 8 nitrogen and oxygen atoms in total. The molecule has 3 rings (SSSR count). The molecular formula is C21H22F3N3O5S. The van der Waals surface area contributed by atoms with E-state index in [1.165, 1.54) is 21.9 Å². The summed E-state index contributed by atoms with van der Waals surface area (Å²) in [4.78, 5) is 26.5. The third-order valence-corrected chi connectivity index (χ3v) is 7.11. The van der Waals surface area contributed by atoms with Gasteiger partial charge in [-0.2, -0.15) is 4.31 Å². The second kappa shape index (κ2) is 9.40. The van der Waals surface area contributed by atoms with Gasteiger partial charge in [-0.25, -0.2) is 21.6 Å². The van der Waals surface area contributed by atoms with Gasteiger partial charge in [0.25, 0.3) is 5.91 Å². The largest absolute Gasteiger partial charge is 0.480 e. The standard InChI is InChI=1S/C21H22F3N3O5S/c1-3-25(4-2)21(30)13-5-6-18-19(8-13)33(31,32)27(12-26(18)11-20(28)29)10-14-7-16(23)17(24)9-15(14)22/h5-9H,3-4,10-12H2,1-2H3,(H,28,29). The lowest BCUT2D eigenvalue weighted by Crippen LogP contribution is -2.48. The topological polar surface area (TPSA) is 98.2 Å². The molecule has 0 fully saturated rings. The van der Waals surface area contributed by atoms with Gasteiger partial charge in [-0.3, -0.25) is 9.59 Å². The Morgan fingerprint density at radius 2 is 1.67 bits per heavy atom. The minimum atomic E-state index is -4.34. The molecule has 0 spiro atoms. The molecule has 1 N–H and O–H groups in total. The number of hydrogen-bond acceptors (Lipinski definition) is 5. The fraction of sp³-hybridized carbons (Fsp3) is 0.333. The van der Waals surface area contributed by atoms with Crippen LogP contribution >= 0.6 is 0 Å². The lowest BCUT2D eigenvalue weighted by molar-refractivity contribution is -0.135. The molecule has 0 saturated carbocycles. The molecule has 0 radical (unpaired) electrons. The van der Waals surface area contributed by atoms with Crippen molar-refractivity contribution < 1.29 is 36.3 Å². The highest BCUT2D eigenvalue weighted by Gasteiger charge is 2.37. The van der Waals surface area contributed by atoms with E-state index in [9.17, 15) is 36.3 Å². The first-order valence-corrected chi connectivity index (χ1v) is 11.5. The van der Waals surface area contributed by atoms with Gasteiger partial charge < -0.3 is 14.9 Å². The van der Waals surface area contributed by atoms with Crippen LogP contribution in [0.1, 0.15) is 29.8 Å². The Bertz CT molecular complexity index is 1200. The first-order chi connectivity index (χ1) is 15.5. The summed E-state index contributed by atoms with van der Waals surface area (Å²) in [5.41, 5.74) is -0.278. The summed E-state index contributed by atoms with van der Waals surface area (Å²) in [6, 6.07) is 4.77.